The van der Waals surface area contributed by atoms with Crippen molar-refractivity contribution in [3.8, 4) is 0 Å². The Morgan fingerprint density at radius 2 is 1.80 bits per heavy atom. The highest BCUT2D eigenvalue weighted by atomic mass is 16.3. The van der Waals surface area contributed by atoms with Crippen LogP contribution in [0.3, 0.4) is 0 Å². The molecule has 1 N–H and O–H groups in total. The Balaban J connectivity index is 2.99. The molecule has 0 spiro atoms. The van der Waals surface area contributed by atoms with Gasteiger partial charge in [0.05, 0.1) is 5.60 Å². The molecule has 1 nitrogen and oxygen atoms in total. The van der Waals surface area contributed by atoms with Gasteiger partial charge in [-0.15, -0.1) is 0 Å². The van der Waals surface area contributed by atoms with Gasteiger partial charge in [0.2, 0.25) is 0 Å². The minimum atomic E-state index is -0.702. The van der Waals surface area contributed by atoms with Crippen molar-refractivity contribution >= 4 is 0 Å². The summed E-state index contributed by atoms with van der Waals surface area (Å²) in [7, 11) is 0. The van der Waals surface area contributed by atoms with Crippen LogP contribution in [0.5, 0.6) is 0 Å². The van der Waals surface area contributed by atoms with Crippen LogP contribution >= 0.6 is 0 Å². The molecular formula is C14H22O. The Morgan fingerprint density at radius 3 is 2.27 bits per heavy atom. The Hall–Kier alpha value is -0.820. The first-order valence-corrected chi connectivity index (χ1v) is 5.63. The van der Waals surface area contributed by atoms with Crippen LogP contribution in [0.2, 0.25) is 0 Å². The lowest BCUT2D eigenvalue weighted by molar-refractivity contribution is 0.0348. The van der Waals surface area contributed by atoms with E-state index in [-0.39, 0.29) is 0 Å². The predicted molar refractivity (Wildman–Crippen MR) is 64.9 cm³/mol. The molecule has 0 amide bonds. The Bertz CT molecular complexity index is 337. The number of benzene rings is 1. The third-order valence-electron chi connectivity index (χ3n) is 2.93. The molecule has 0 aliphatic heterocycles. The van der Waals surface area contributed by atoms with Gasteiger partial charge in [-0.1, -0.05) is 32.0 Å². The summed E-state index contributed by atoms with van der Waals surface area (Å²) < 4.78 is 0. The van der Waals surface area contributed by atoms with Crippen LogP contribution in [0.1, 0.15) is 43.9 Å². The van der Waals surface area contributed by atoms with Gasteiger partial charge in [0.25, 0.3) is 0 Å². The Kier molecular flexibility index (Phi) is 3.56. The largest absolute Gasteiger partial charge is 0.385 e. The molecule has 0 saturated heterocycles. The van der Waals surface area contributed by atoms with E-state index in [1.54, 1.807) is 0 Å². The zero-order valence-electron chi connectivity index (χ0n) is 10.5. The summed E-state index contributed by atoms with van der Waals surface area (Å²) in [5, 5.41) is 10.4. The monoisotopic (exact) mass is 206 g/mol. The average Bonchev–Trinajstić information content (AvgIpc) is 2.07. The molecule has 0 saturated carbocycles. The van der Waals surface area contributed by atoms with Gasteiger partial charge < -0.3 is 5.11 Å². The second-order valence-electron chi connectivity index (χ2n) is 5.17. The molecule has 1 rings (SSSR count). The van der Waals surface area contributed by atoms with Crippen molar-refractivity contribution in [2.75, 3.05) is 0 Å². The van der Waals surface area contributed by atoms with Crippen LogP contribution in [0.4, 0.5) is 0 Å². The normalized spacial score (nSPS) is 15.4. The summed E-state index contributed by atoms with van der Waals surface area (Å²) in [4.78, 5) is 0. The number of hydrogen-bond donors (Lipinski definition) is 1. The van der Waals surface area contributed by atoms with Gasteiger partial charge in [-0.05, 0) is 49.8 Å². The zero-order valence-corrected chi connectivity index (χ0v) is 10.5. The first-order valence-electron chi connectivity index (χ1n) is 5.63. The molecule has 1 aromatic carbocycles. The summed E-state index contributed by atoms with van der Waals surface area (Å²) in [5.41, 5.74) is 2.85. The highest BCUT2D eigenvalue weighted by Gasteiger charge is 2.24. The van der Waals surface area contributed by atoms with E-state index in [1.807, 2.05) is 13.0 Å². The van der Waals surface area contributed by atoms with E-state index in [2.05, 4.69) is 39.8 Å². The molecule has 1 unspecified atom stereocenters. The van der Waals surface area contributed by atoms with E-state index in [4.69, 9.17) is 0 Å². The van der Waals surface area contributed by atoms with Crippen molar-refractivity contribution in [1.29, 1.82) is 0 Å². The molecule has 0 aliphatic carbocycles. The van der Waals surface area contributed by atoms with Crippen LogP contribution < -0.4 is 0 Å². The third-order valence-corrected chi connectivity index (χ3v) is 2.93. The number of aliphatic hydroxyl groups is 1. The minimum absolute atomic E-state index is 0.501. The van der Waals surface area contributed by atoms with E-state index >= 15 is 0 Å². The number of rotatable bonds is 3. The predicted octanol–water partition coefficient (Wildman–Crippen LogP) is 3.56. The third kappa shape index (κ3) is 3.07. The minimum Gasteiger partial charge on any atom is -0.385 e. The van der Waals surface area contributed by atoms with E-state index < -0.39 is 5.60 Å². The molecule has 0 radical (unpaired) electrons. The lowest BCUT2D eigenvalue weighted by Crippen LogP contribution is -2.23. The van der Waals surface area contributed by atoms with E-state index in [0.29, 0.717) is 5.92 Å². The molecule has 0 aromatic heterocycles. The van der Waals surface area contributed by atoms with Crippen molar-refractivity contribution in [3.05, 3.63) is 34.9 Å². The maximum atomic E-state index is 10.4. The van der Waals surface area contributed by atoms with E-state index in [1.165, 1.54) is 11.1 Å². The van der Waals surface area contributed by atoms with Gasteiger partial charge in [-0.25, -0.2) is 0 Å². The van der Waals surface area contributed by atoms with Crippen molar-refractivity contribution < 1.29 is 5.11 Å². The van der Waals surface area contributed by atoms with Crippen LogP contribution in [0.15, 0.2) is 18.2 Å². The van der Waals surface area contributed by atoms with Crippen LogP contribution in [0.25, 0.3) is 0 Å². The van der Waals surface area contributed by atoms with Crippen LogP contribution in [-0.2, 0) is 5.60 Å². The molecule has 84 valence electrons. The molecular weight excluding hydrogens is 184 g/mol. The van der Waals surface area contributed by atoms with Crippen molar-refractivity contribution in [3.63, 3.8) is 0 Å². The fourth-order valence-electron chi connectivity index (χ4n) is 1.99. The Morgan fingerprint density at radius 1 is 1.20 bits per heavy atom. The fourth-order valence-corrected chi connectivity index (χ4v) is 1.99. The Labute approximate surface area is 93.1 Å². The summed E-state index contributed by atoms with van der Waals surface area (Å²) in [6, 6.07) is 6.21. The summed E-state index contributed by atoms with van der Waals surface area (Å²) in [6.45, 7) is 10.3. The summed E-state index contributed by atoms with van der Waals surface area (Å²) in [5.74, 6) is 0.501. The zero-order chi connectivity index (χ0) is 11.6. The molecule has 1 aromatic rings. The van der Waals surface area contributed by atoms with Gasteiger partial charge in [0.1, 0.15) is 0 Å². The van der Waals surface area contributed by atoms with Gasteiger partial charge in [0, 0.05) is 0 Å². The topological polar surface area (TPSA) is 20.2 Å². The van der Waals surface area contributed by atoms with Crippen molar-refractivity contribution in [2.24, 2.45) is 5.92 Å². The molecule has 0 fully saturated rings. The van der Waals surface area contributed by atoms with Crippen LogP contribution in [0, 0.1) is 19.8 Å². The van der Waals surface area contributed by atoms with Gasteiger partial charge in [-0.3, -0.25) is 0 Å². The summed E-state index contributed by atoms with van der Waals surface area (Å²) in [6.07, 6.45) is 0.801. The first kappa shape index (κ1) is 12.3. The maximum absolute atomic E-state index is 10.4. The smallest absolute Gasteiger partial charge is 0.0871 e. The van der Waals surface area contributed by atoms with Gasteiger partial charge in [-0.2, -0.15) is 0 Å². The molecule has 15 heavy (non-hydrogen) atoms. The van der Waals surface area contributed by atoms with E-state index in [9.17, 15) is 5.11 Å². The maximum Gasteiger partial charge on any atom is 0.0871 e. The van der Waals surface area contributed by atoms with Crippen LogP contribution in [-0.4, -0.2) is 5.11 Å². The van der Waals surface area contributed by atoms with Gasteiger partial charge in [0.15, 0.2) is 0 Å². The quantitative estimate of drug-likeness (QED) is 0.801. The lowest BCUT2D eigenvalue weighted by atomic mass is 9.86. The lowest BCUT2D eigenvalue weighted by Gasteiger charge is -2.26. The van der Waals surface area contributed by atoms with Gasteiger partial charge >= 0.3 is 0 Å². The highest BCUT2D eigenvalue weighted by Crippen LogP contribution is 2.29. The second-order valence-corrected chi connectivity index (χ2v) is 5.17. The SMILES string of the molecule is Cc1ccc(C(C)(O)CC(C)C)cc1C. The molecule has 0 aliphatic rings. The molecule has 1 heteroatoms. The van der Waals surface area contributed by atoms with Crippen molar-refractivity contribution in [1.82, 2.24) is 0 Å². The standard InChI is InChI=1S/C14H22O/c1-10(2)9-14(5,15)13-7-6-11(3)12(4)8-13/h6-8,10,15H,9H2,1-5H3. The first-order chi connectivity index (χ1) is 6.83. The van der Waals surface area contributed by atoms with E-state index in [0.717, 1.165) is 12.0 Å². The van der Waals surface area contributed by atoms with Crippen molar-refractivity contribution in [2.45, 2.75) is 46.6 Å². The summed E-state index contributed by atoms with van der Waals surface area (Å²) >= 11 is 0. The average molecular weight is 206 g/mol. The highest BCUT2D eigenvalue weighted by molar-refractivity contribution is 5.32. The second kappa shape index (κ2) is 4.36. The molecule has 0 heterocycles. The molecule has 0 bridgehead atoms. The number of aryl methyl sites for hydroxylation is 2. The molecule has 1 atom stereocenters. The fraction of sp³-hybridized carbons (Fsp3) is 0.571. The number of hydrogen-bond acceptors (Lipinski definition) is 1.